The van der Waals surface area contributed by atoms with Gasteiger partial charge in [0.2, 0.25) is 17.1 Å². The average molecular weight is 487 g/mol. The summed E-state index contributed by atoms with van der Waals surface area (Å²) in [6, 6.07) is 16.4. The summed E-state index contributed by atoms with van der Waals surface area (Å²) in [5, 5.41) is 39.5. The van der Waals surface area contributed by atoms with Crippen LogP contribution in [0.4, 0.5) is 13.2 Å². The first-order valence-electron chi connectivity index (χ1n) is 9.81. The van der Waals surface area contributed by atoms with Crippen LogP contribution in [0.2, 0.25) is 5.02 Å². The maximum Gasteiger partial charge on any atom is 0.573 e. The van der Waals surface area contributed by atoms with Crippen LogP contribution in [0.5, 0.6) is 5.75 Å². The number of nitriles is 3. The van der Waals surface area contributed by atoms with E-state index in [0.29, 0.717) is 10.6 Å². The summed E-state index contributed by atoms with van der Waals surface area (Å²) in [5.41, 5.74) is -3.85. The van der Waals surface area contributed by atoms with Crippen molar-refractivity contribution >= 4 is 17.5 Å². The van der Waals surface area contributed by atoms with Crippen molar-refractivity contribution in [3.05, 3.63) is 64.7 Å². The van der Waals surface area contributed by atoms with Gasteiger partial charge < -0.3 is 14.2 Å². The topological polar surface area (TPSA) is 123 Å². The molecular weight excluding hydrogens is 473 g/mol. The molecule has 2 heterocycles. The van der Waals surface area contributed by atoms with Gasteiger partial charge in [0, 0.05) is 10.6 Å². The first-order chi connectivity index (χ1) is 16.0. The van der Waals surface area contributed by atoms with Gasteiger partial charge in [0.25, 0.3) is 0 Å². The second-order valence-electron chi connectivity index (χ2n) is 7.90. The van der Waals surface area contributed by atoms with E-state index in [1.54, 1.807) is 18.2 Å². The number of halogens is 4. The standard InChI is InChI=1S/C23H14ClF3N4O3/c1-13-21(12-30)19(31)34-22(13,15-3-2-4-16(24)9-15)33-18(20(21,10-28)11-29)14-5-7-17(8-6-14)32-23(25,26)27/h2-9,13,18,31H,1H3. The van der Waals surface area contributed by atoms with E-state index in [4.69, 9.17) is 26.5 Å². The summed E-state index contributed by atoms with van der Waals surface area (Å²) in [5.74, 6) is -3.91. The molecule has 0 aliphatic carbocycles. The highest BCUT2D eigenvalue weighted by molar-refractivity contribution is 6.30. The Balaban J connectivity index is 1.93. The average Bonchev–Trinajstić information content (AvgIpc) is 2.95. The molecule has 4 rings (SSSR count). The fourth-order valence-corrected chi connectivity index (χ4v) is 4.91. The third-order valence-corrected chi connectivity index (χ3v) is 6.55. The van der Waals surface area contributed by atoms with Crippen LogP contribution < -0.4 is 4.74 Å². The van der Waals surface area contributed by atoms with Gasteiger partial charge in [-0.15, -0.1) is 13.2 Å². The van der Waals surface area contributed by atoms with Gasteiger partial charge in [0.15, 0.2) is 5.41 Å². The maximum atomic E-state index is 12.6. The summed E-state index contributed by atoms with van der Waals surface area (Å²) >= 11 is 6.14. The van der Waals surface area contributed by atoms with Gasteiger partial charge in [0.05, 0.1) is 24.1 Å². The van der Waals surface area contributed by atoms with Crippen molar-refractivity contribution in [1.29, 1.82) is 21.2 Å². The van der Waals surface area contributed by atoms with E-state index >= 15 is 0 Å². The minimum absolute atomic E-state index is 0.119. The maximum absolute atomic E-state index is 12.6. The predicted molar refractivity (Wildman–Crippen MR) is 110 cm³/mol. The van der Waals surface area contributed by atoms with E-state index in [2.05, 4.69) is 4.74 Å². The van der Waals surface area contributed by atoms with Crippen LogP contribution >= 0.6 is 11.6 Å². The molecule has 2 aromatic carbocycles. The van der Waals surface area contributed by atoms with Crippen LogP contribution in [0, 0.1) is 56.2 Å². The highest BCUT2D eigenvalue weighted by atomic mass is 35.5. The number of fused-ring (bicyclic) bond motifs is 2. The number of nitrogens with one attached hydrogen (secondary N) is 1. The largest absolute Gasteiger partial charge is 0.573 e. The lowest BCUT2D eigenvalue weighted by atomic mass is 9.53. The first-order valence-corrected chi connectivity index (χ1v) is 10.2. The molecule has 11 heteroatoms. The second kappa shape index (κ2) is 7.63. The molecule has 4 unspecified atom stereocenters. The Labute approximate surface area is 196 Å². The summed E-state index contributed by atoms with van der Waals surface area (Å²) < 4.78 is 53.7. The van der Waals surface area contributed by atoms with Crippen LogP contribution in [-0.2, 0) is 15.3 Å². The molecule has 2 fully saturated rings. The number of nitrogens with zero attached hydrogens (tertiary/aromatic N) is 3. The molecule has 1 N–H and O–H groups in total. The van der Waals surface area contributed by atoms with E-state index in [1.165, 1.54) is 25.1 Å². The van der Waals surface area contributed by atoms with E-state index in [1.807, 2.05) is 18.2 Å². The molecule has 172 valence electrons. The van der Waals surface area contributed by atoms with E-state index in [-0.39, 0.29) is 5.56 Å². The first kappa shape index (κ1) is 23.4. The fourth-order valence-electron chi connectivity index (χ4n) is 4.72. The van der Waals surface area contributed by atoms with Gasteiger partial charge in [-0.05, 0) is 29.8 Å². The van der Waals surface area contributed by atoms with Crippen LogP contribution in [0.3, 0.4) is 0 Å². The molecule has 2 bridgehead atoms. The van der Waals surface area contributed by atoms with Crippen molar-refractivity contribution in [2.45, 2.75) is 25.2 Å². The van der Waals surface area contributed by atoms with E-state index in [9.17, 15) is 29.0 Å². The molecule has 2 saturated heterocycles. The zero-order chi connectivity index (χ0) is 24.9. The van der Waals surface area contributed by atoms with Crippen molar-refractivity contribution in [1.82, 2.24) is 0 Å². The van der Waals surface area contributed by atoms with Crippen molar-refractivity contribution < 1.29 is 27.4 Å². The Hall–Kier alpha value is -3.78. The number of ether oxygens (including phenoxy) is 3. The SMILES string of the molecule is CC1C2(c3cccc(Cl)c3)OC(=N)C1(C#N)C(C#N)(C#N)C(c1ccc(OC(F)(F)F)cc1)O2. The van der Waals surface area contributed by atoms with Crippen molar-refractivity contribution in [2.24, 2.45) is 16.7 Å². The number of benzene rings is 2. The molecule has 0 amide bonds. The Morgan fingerprint density at radius 3 is 2.24 bits per heavy atom. The molecule has 0 aromatic heterocycles. The molecule has 7 nitrogen and oxygen atoms in total. The molecule has 0 radical (unpaired) electrons. The second-order valence-corrected chi connectivity index (χ2v) is 8.33. The molecule has 0 saturated carbocycles. The van der Waals surface area contributed by atoms with Crippen molar-refractivity contribution in [3.8, 4) is 24.0 Å². The highest BCUT2D eigenvalue weighted by Gasteiger charge is 2.79. The molecule has 2 aliphatic rings. The van der Waals surface area contributed by atoms with Gasteiger partial charge >= 0.3 is 6.36 Å². The zero-order valence-electron chi connectivity index (χ0n) is 17.4. The number of hydrogen-bond acceptors (Lipinski definition) is 7. The normalized spacial score (nSPS) is 29.3. The molecule has 2 aromatic rings. The lowest BCUT2D eigenvalue weighted by Gasteiger charge is -2.48. The number of rotatable bonds is 3. The number of alkyl halides is 3. The van der Waals surface area contributed by atoms with Crippen molar-refractivity contribution in [2.75, 3.05) is 0 Å². The Morgan fingerprint density at radius 1 is 1.06 bits per heavy atom. The summed E-state index contributed by atoms with van der Waals surface area (Å²) in [6.07, 6.45) is -6.38. The number of hydrogen-bond donors (Lipinski definition) is 1. The molecule has 2 aliphatic heterocycles. The Morgan fingerprint density at radius 2 is 1.71 bits per heavy atom. The minimum Gasteiger partial charge on any atom is -0.443 e. The Bertz CT molecular complexity index is 1280. The van der Waals surface area contributed by atoms with Gasteiger partial charge in [-0.2, -0.15) is 15.8 Å². The smallest absolute Gasteiger partial charge is 0.443 e. The third kappa shape index (κ3) is 3.02. The summed E-state index contributed by atoms with van der Waals surface area (Å²) in [6.45, 7) is 1.53. The van der Waals surface area contributed by atoms with Crippen LogP contribution in [-0.4, -0.2) is 12.3 Å². The van der Waals surface area contributed by atoms with Gasteiger partial charge in [0.1, 0.15) is 11.9 Å². The molecular formula is C23H14ClF3N4O3. The van der Waals surface area contributed by atoms with Gasteiger partial charge in [-0.25, -0.2) is 0 Å². The monoisotopic (exact) mass is 486 g/mol. The van der Waals surface area contributed by atoms with Gasteiger partial charge in [-0.3, -0.25) is 5.41 Å². The quantitative estimate of drug-likeness (QED) is 0.623. The summed E-state index contributed by atoms with van der Waals surface area (Å²) in [4.78, 5) is 0. The van der Waals surface area contributed by atoms with E-state index in [0.717, 1.165) is 12.1 Å². The van der Waals surface area contributed by atoms with Crippen LogP contribution in [0.15, 0.2) is 48.5 Å². The third-order valence-electron chi connectivity index (χ3n) is 6.31. The predicted octanol–water partition coefficient (Wildman–Crippen LogP) is 5.35. The summed E-state index contributed by atoms with van der Waals surface area (Å²) in [7, 11) is 0. The highest BCUT2D eigenvalue weighted by Crippen LogP contribution is 2.69. The lowest BCUT2D eigenvalue weighted by molar-refractivity contribution is -0.288. The Kier molecular flexibility index (Phi) is 5.25. The van der Waals surface area contributed by atoms with Gasteiger partial charge in [-0.1, -0.05) is 42.8 Å². The zero-order valence-corrected chi connectivity index (χ0v) is 18.1. The molecule has 0 spiro atoms. The minimum atomic E-state index is -4.91. The van der Waals surface area contributed by atoms with Crippen LogP contribution in [0.1, 0.15) is 24.2 Å². The molecule has 4 atom stereocenters. The molecule has 34 heavy (non-hydrogen) atoms. The fraction of sp³-hybridized carbons (Fsp3) is 0.304. The van der Waals surface area contributed by atoms with Crippen molar-refractivity contribution in [3.63, 3.8) is 0 Å². The van der Waals surface area contributed by atoms with Crippen LogP contribution in [0.25, 0.3) is 0 Å². The van der Waals surface area contributed by atoms with E-state index < -0.39 is 46.6 Å². The lowest BCUT2D eigenvalue weighted by Crippen LogP contribution is -2.57.